The van der Waals surface area contributed by atoms with Crippen LogP contribution in [0, 0.1) is 5.92 Å². The molecule has 0 aromatic heterocycles. The van der Waals surface area contributed by atoms with Crippen molar-refractivity contribution in [1.82, 2.24) is 5.32 Å². The Morgan fingerprint density at radius 3 is 2.75 bits per heavy atom. The van der Waals surface area contributed by atoms with E-state index in [1.54, 1.807) is 0 Å². The zero-order valence-electron chi connectivity index (χ0n) is 9.91. The molecule has 0 radical (unpaired) electrons. The van der Waals surface area contributed by atoms with Gasteiger partial charge in [-0.1, -0.05) is 30.7 Å². The predicted octanol–water partition coefficient (Wildman–Crippen LogP) is 3.01. The number of hydrogen-bond donors (Lipinski definition) is 2. The molecule has 3 heteroatoms. The van der Waals surface area contributed by atoms with Crippen LogP contribution in [0.1, 0.15) is 31.9 Å². The van der Waals surface area contributed by atoms with Gasteiger partial charge in [0.05, 0.1) is 0 Å². The fraction of sp³-hybridized carbons (Fsp3) is 0.538. The van der Waals surface area contributed by atoms with Gasteiger partial charge in [0.2, 0.25) is 0 Å². The first-order valence-electron chi connectivity index (χ1n) is 5.73. The monoisotopic (exact) mass is 241 g/mol. The first-order chi connectivity index (χ1) is 7.63. The Morgan fingerprint density at radius 2 is 2.12 bits per heavy atom. The van der Waals surface area contributed by atoms with Gasteiger partial charge >= 0.3 is 0 Å². The van der Waals surface area contributed by atoms with Crippen LogP contribution in [0.5, 0.6) is 0 Å². The first-order valence-corrected chi connectivity index (χ1v) is 6.11. The molecule has 0 amide bonds. The van der Waals surface area contributed by atoms with Crippen LogP contribution in [0.3, 0.4) is 0 Å². The summed E-state index contributed by atoms with van der Waals surface area (Å²) in [4.78, 5) is 0. The highest BCUT2D eigenvalue weighted by Crippen LogP contribution is 2.17. The van der Waals surface area contributed by atoms with Crippen LogP contribution < -0.4 is 5.32 Å². The van der Waals surface area contributed by atoms with Gasteiger partial charge in [-0.3, -0.25) is 0 Å². The van der Waals surface area contributed by atoms with Gasteiger partial charge in [-0.25, -0.2) is 0 Å². The number of aliphatic hydroxyl groups excluding tert-OH is 1. The summed E-state index contributed by atoms with van der Waals surface area (Å²) in [6, 6.07) is 8.19. The van der Waals surface area contributed by atoms with E-state index in [2.05, 4.69) is 25.2 Å². The maximum absolute atomic E-state index is 8.81. The van der Waals surface area contributed by atoms with E-state index in [-0.39, 0.29) is 6.61 Å². The zero-order valence-corrected chi connectivity index (χ0v) is 10.7. The van der Waals surface area contributed by atoms with Crippen LogP contribution >= 0.6 is 11.6 Å². The van der Waals surface area contributed by atoms with E-state index in [0.29, 0.717) is 12.0 Å². The minimum atomic E-state index is 0.258. The predicted molar refractivity (Wildman–Crippen MR) is 68.7 cm³/mol. The molecule has 2 atom stereocenters. The molecular formula is C13H20ClNO. The van der Waals surface area contributed by atoms with Crippen molar-refractivity contribution >= 4 is 11.6 Å². The Labute approximate surface area is 103 Å². The number of benzene rings is 1. The van der Waals surface area contributed by atoms with E-state index in [4.69, 9.17) is 16.7 Å². The summed E-state index contributed by atoms with van der Waals surface area (Å²) in [6.45, 7) is 5.42. The fourth-order valence-corrected chi connectivity index (χ4v) is 1.79. The Kier molecular flexibility index (Phi) is 5.81. The zero-order chi connectivity index (χ0) is 12.0. The molecule has 0 aliphatic carbocycles. The van der Waals surface area contributed by atoms with E-state index >= 15 is 0 Å². The summed E-state index contributed by atoms with van der Waals surface area (Å²) in [5.41, 5.74) is 1.20. The van der Waals surface area contributed by atoms with Gasteiger partial charge in [-0.2, -0.15) is 0 Å². The van der Waals surface area contributed by atoms with Crippen molar-refractivity contribution in [2.45, 2.75) is 26.3 Å². The van der Waals surface area contributed by atoms with Gasteiger partial charge in [0.1, 0.15) is 0 Å². The minimum absolute atomic E-state index is 0.258. The van der Waals surface area contributed by atoms with Crippen LogP contribution in [-0.2, 0) is 0 Å². The minimum Gasteiger partial charge on any atom is -0.396 e. The van der Waals surface area contributed by atoms with Crippen molar-refractivity contribution in [3.05, 3.63) is 34.9 Å². The molecule has 90 valence electrons. The molecule has 0 heterocycles. The molecule has 1 aromatic carbocycles. The largest absolute Gasteiger partial charge is 0.396 e. The number of nitrogens with one attached hydrogen (secondary N) is 1. The van der Waals surface area contributed by atoms with E-state index in [9.17, 15) is 0 Å². The summed E-state index contributed by atoms with van der Waals surface area (Å²) in [6.07, 6.45) is 0.843. The number of hydrogen-bond acceptors (Lipinski definition) is 2. The highest BCUT2D eigenvalue weighted by Gasteiger charge is 2.07. The fourth-order valence-electron chi connectivity index (χ4n) is 1.59. The SMILES string of the molecule is CC(CCO)CNC(C)c1cccc(Cl)c1. The average molecular weight is 242 g/mol. The molecule has 2 nitrogen and oxygen atoms in total. The molecule has 0 aliphatic heterocycles. The van der Waals surface area contributed by atoms with Crippen molar-refractivity contribution in [2.24, 2.45) is 5.92 Å². The maximum atomic E-state index is 8.81. The summed E-state index contributed by atoms with van der Waals surface area (Å²) >= 11 is 5.94. The molecule has 0 fully saturated rings. The lowest BCUT2D eigenvalue weighted by atomic mass is 10.1. The van der Waals surface area contributed by atoms with Crippen molar-refractivity contribution in [3.8, 4) is 0 Å². The molecule has 0 saturated heterocycles. The third kappa shape index (κ3) is 4.52. The molecule has 1 aromatic rings. The van der Waals surface area contributed by atoms with Gasteiger partial charge in [0, 0.05) is 17.7 Å². The van der Waals surface area contributed by atoms with Crippen LogP contribution in [-0.4, -0.2) is 18.3 Å². The first kappa shape index (κ1) is 13.5. The Morgan fingerprint density at radius 1 is 1.38 bits per heavy atom. The Balaban J connectivity index is 2.43. The lowest BCUT2D eigenvalue weighted by Crippen LogP contribution is -2.24. The van der Waals surface area contributed by atoms with Crippen molar-refractivity contribution in [1.29, 1.82) is 0 Å². The number of aliphatic hydroxyl groups is 1. The van der Waals surface area contributed by atoms with E-state index in [1.807, 2.05) is 18.2 Å². The maximum Gasteiger partial charge on any atom is 0.0434 e. The molecule has 2 unspecified atom stereocenters. The molecule has 0 bridgehead atoms. The van der Waals surface area contributed by atoms with Gasteiger partial charge in [-0.05, 0) is 43.5 Å². The molecule has 0 aliphatic rings. The Bertz CT molecular complexity index is 317. The number of rotatable bonds is 6. The second-order valence-corrected chi connectivity index (χ2v) is 4.74. The molecular weight excluding hydrogens is 222 g/mol. The molecule has 16 heavy (non-hydrogen) atoms. The van der Waals surface area contributed by atoms with E-state index in [0.717, 1.165) is 18.0 Å². The van der Waals surface area contributed by atoms with Crippen LogP contribution in [0.4, 0.5) is 0 Å². The topological polar surface area (TPSA) is 32.3 Å². The lowest BCUT2D eigenvalue weighted by molar-refractivity contribution is 0.258. The van der Waals surface area contributed by atoms with Crippen molar-refractivity contribution in [3.63, 3.8) is 0 Å². The standard InChI is InChI=1S/C13H20ClNO/c1-10(6-7-16)9-15-11(2)12-4-3-5-13(14)8-12/h3-5,8,10-11,15-16H,6-7,9H2,1-2H3. The van der Waals surface area contributed by atoms with Crippen molar-refractivity contribution in [2.75, 3.05) is 13.2 Å². The third-order valence-corrected chi connectivity index (χ3v) is 2.98. The average Bonchev–Trinajstić information content (AvgIpc) is 2.26. The lowest BCUT2D eigenvalue weighted by Gasteiger charge is -2.17. The highest BCUT2D eigenvalue weighted by atomic mass is 35.5. The number of halogens is 1. The Hall–Kier alpha value is -0.570. The molecule has 1 rings (SSSR count). The third-order valence-electron chi connectivity index (χ3n) is 2.74. The summed E-state index contributed by atoms with van der Waals surface area (Å²) in [7, 11) is 0. The smallest absolute Gasteiger partial charge is 0.0434 e. The van der Waals surface area contributed by atoms with Crippen molar-refractivity contribution < 1.29 is 5.11 Å². The molecule has 0 saturated carbocycles. The highest BCUT2D eigenvalue weighted by molar-refractivity contribution is 6.30. The second kappa shape index (κ2) is 6.89. The molecule has 0 spiro atoms. The van der Waals surface area contributed by atoms with Crippen LogP contribution in [0.2, 0.25) is 5.02 Å². The van der Waals surface area contributed by atoms with E-state index in [1.165, 1.54) is 5.56 Å². The summed E-state index contributed by atoms with van der Waals surface area (Å²) in [5, 5.41) is 13.0. The molecule has 2 N–H and O–H groups in total. The quantitative estimate of drug-likeness (QED) is 0.803. The van der Waals surface area contributed by atoms with Gasteiger partial charge in [0.25, 0.3) is 0 Å². The summed E-state index contributed by atoms with van der Waals surface area (Å²) < 4.78 is 0. The van der Waals surface area contributed by atoms with Gasteiger partial charge in [-0.15, -0.1) is 0 Å². The van der Waals surface area contributed by atoms with Gasteiger partial charge in [0.15, 0.2) is 0 Å². The second-order valence-electron chi connectivity index (χ2n) is 4.30. The van der Waals surface area contributed by atoms with Crippen LogP contribution in [0.15, 0.2) is 24.3 Å². The normalized spacial score (nSPS) is 14.8. The summed E-state index contributed by atoms with van der Waals surface area (Å²) in [5.74, 6) is 0.492. The van der Waals surface area contributed by atoms with E-state index < -0.39 is 0 Å². The van der Waals surface area contributed by atoms with Crippen LogP contribution in [0.25, 0.3) is 0 Å². The van der Waals surface area contributed by atoms with Gasteiger partial charge < -0.3 is 10.4 Å².